The minimum Gasteiger partial charge on any atom is -0.462 e. The molecule has 0 saturated carbocycles. The Morgan fingerprint density at radius 1 is 0.333 bits per heavy atom. The molecule has 0 aromatic rings. The fourth-order valence-corrected chi connectivity index (χ4v) is 11.3. The van der Waals surface area contributed by atoms with Gasteiger partial charge >= 0.3 is 39.5 Å². The van der Waals surface area contributed by atoms with E-state index in [1.165, 1.54) is 154 Å². The number of aliphatic hydroxyl groups is 1. The summed E-state index contributed by atoms with van der Waals surface area (Å²) in [5.41, 5.74) is 0. The predicted octanol–water partition coefficient (Wildman–Crippen LogP) is 18.2. The Hall–Kier alpha value is -1.94. The fourth-order valence-electron chi connectivity index (χ4n) is 9.73. The Bertz CT molecular complexity index is 1640. The summed E-state index contributed by atoms with van der Waals surface area (Å²) in [6.45, 7) is 7.19. The quantitative estimate of drug-likeness (QED) is 0.0222. The summed E-state index contributed by atoms with van der Waals surface area (Å²) < 4.78 is 68.0. The minimum absolute atomic E-state index is 0.106. The normalized spacial score (nSPS) is 14.5. The van der Waals surface area contributed by atoms with Crippen LogP contribution in [-0.2, 0) is 65.4 Å². The highest BCUT2D eigenvalue weighted by molar-refractivity contribution is 7.47. The molecular weight excluding hydrogens is 1110 g/mol. The molecule has 0 rings (SSSR count). The predicted molar refractivity (Wildman–Crippen MR) is 335 cm³/mol. The molecule has 0 radical (unpaired) electrons. The third-order valence-corrected chi connectivity index (χ3v) is 17.3. The Kier molecular flexibility index (Phi) is 57.4. The van der Waals surface area contributed by atoms with Crippen LogP contribution in [0.3, 0.4) is 0 Å². The van der Waals surface area contributed by atoms with Crippen molar-refractivity contribution in [1.82, 2.24) is 0 Å². The Morgan fingerprint density at radius 3 is 0.845 bits per heavy atom. The molecule has 0 bridgehead atoms. The van der Waals surface area contributed by atoms with Gasteiger partial charge in [0.05, 0.1) is 26.4 Å². The molecule has 0 aromatic carbocycles. The fraction of sp³-hybridized carbons (Fsp3) is 0.938. The minimum atomic E-state index is -4.94. The van der Waals surface area contributed by atoms with Gasteiger partial charge in [-0.05, 0) is 31.6 Å². The molecule has 0 fully saturated rings. The second-order valence-corrected chi connectivity index (χ2v) is 26.7. The zero-order valence-electron chi connectivity index (χ0n) is 54.0. The van der Waals surface area contributed by atoms with Crippen molar-refractivity contribution in [2.24, 2.45) is 5.92 Å². The summed E-state index contributed by atoms with van der Waals surface area (Å²) in [5, 5.41) is 10.5. The highest BCUT2D eigenvalue weighted by Crippen LogP contribution is 2.45. The number of aliphatic hydroxyl groups excluding tert-OH is 1. The van der Waals surface area contributed by atoms with E-state index in [9.17, 15) is 43.2 Å². The van der Waals surface area contributed by atoms with Crippen LogP contribution < -0.4 is 0 Å². The van der Waals surface area contributed by atoms with Crippen LogP contribution in [0.15, 0.2) is 0 Å². The number of unbranched alkanes of at least 4 members (excludes halogenated alkanes) is 36. The lowest BCUT2D eigenvalue weighted by atomic mass is 9.99. The first-order valence-corrected chi connectivity index (χ1v) is 37.2. The number of esters is 4. The second-order valence-electron chi connectivity index (χ2n) is 23.7. The summed E-state index contributed by atoms with van der Waals surface area (Å²) in [7, 11) is -9.89. The van der Waals surface area contributed by atoms with E-state index >= 15 is 0 Å². The molecule has 0 aliphatic rings. The molecule has 19 heteroatoms. The maximum absolute atomic E-state index is 13.0. The molecular formula is C65H126O17P2. The van der Waals surface area contributed by atoms with Gasteiger partial charge in [-0.25, -0.2) is 9.13 Å². The van der Waals surface area contributed by atoms with Gasteiger partial charge in [0.15, 0.2) is 12.2 Å². The number of carbonyl (C=O) groups is 4. The van der Waals surface area contributed by atoms with Crippen LogP contribution in [0, 0.1) is 5.92 Å². The zero-order valence-corrected chi connectivity index (χ0v) is 55.8. The first kappa shape index (κ1) is 82.1. The van der Waals surface area contributed by atoms with Crippen molar-refractivity contribution in [3.63, 3.8) is 0 Å². The molecule has 17 nitrogen and oxygen atoms in total. The van der Waals surface area contributed by atoms with Gasteiger partial charge in [-0.1, -0.05) is 279 Å². The van der Waals surface area contributed by atoms with Crippen molar-refractivity contribution in [2.75, 3.05) is 39.6 Å². The van der Waals surface area contributed by atoms with Gasteiger partial charge in [-0.2, -0.15) is 0 Å². The summed E-state index contributed by atoms with van der Waals surface area (Å²) in [6, 6.07) is 0. The topological polar surface area (TPSA) is 237 Å². The molecule has 0 amide bonds. The van der Waals surface area contributed by atoms with E-state index in [-0.39, 0.29) is 25.7 Å². The van der Waals surface area contributed by atoms with Gasteiger partial charge in [0.25, 0.3) is 0 Å². The molecule has 3 N–H and O–H groups in total. The summed E-state index contributed by atoms with van der Waals surface area (Å²) in [6.07, 6.45) is 42.9. The number of phosphoric acid groups is 2. The van der Waals surface area contributed by atoms with Gasteiger partial charge in [0.1, 0.15) is 19.3 Å². The van der Waals surface area contributed by atoms with Crippen LogP contribution in [0.1, 0.15) is 330 Å². The van der Waals surface area contributed by atoms with Gasteiger partial charge < -0.3 is 33.8 Å². The maximum atomic E-state index is 13.0. The van der Waals surface area contributed by atoms with Crippen molar-refractivity contribution in [3.05, 3.63) is 0 Å². The molecule has 0 aliphatic carbocycles. The van der Waals surface area contributed by atoms with E-state index in [1.54, 1.807) is 0 Å². The van der Waals surface area contributed by atoms with Gasteiger partial charge in [0, 0.05) is 25.7 Å². The monoisotopic (exact) mass is 1240 g/mol. The highest BCUT2D eigenvalue weighted by Gasteiger charge is 2.30. The molecule has 0 saturated heterocycles. The van der Waals surface area contributed by atoms with Crippen LogP contribution in [-0.4, -0.2) is 96.7 Å². The Labute approximate surface area is 511 Å². The third-order valence-electron chi connectivity index (χ3n) is 15.4. The van der Waals surface area contributed by atoms with E-state index in [0.717, 1.165) is 95.8 Å². The first-order chi connectivity index (χ1) is 40.6. The van der Waals surface area contributed by atoms with Crippen molar-refractivity contribution < 1.29 is 80.2 Å². The molecule has 84 heavy (non-hydrogen) atoms. The van der Waals surface area contributed by atoms with Crippen molar-refractivity contribution in [3.8, 4) is 0 Å². The average molecular weight is 1240 g/mol. The second kappa shape index (κ2) is 58.7. The molecule has 0 aromatic heterocycles. The number of hydrogen-bond donors (Lipinski definition) is 3. The Balaban J connectivity index is 5.24. The van der Waals surface area contributed by atoms with E-state index in [0.29, 0.717) is 25.7 Å². The van der Waals surface area contributed by atoms with Gasteiger partial charge in [0.2, 0.25) is 0 Å². The van der Waals surface area contributed by atoms with Gasteiger partial charge in [-0.3, -0.25) is 37.3 Å². The van der Waals surface area contributed by atoms with E-state index < -0.39 is 97.5 Å². The summed E-state index contributed by atoms with van der Waals surface area (Å²) >= 11 is 0. The molecule has 6 atom stereocenters. The Morgan fingerprint density at radius 2 is 0.571 bits per heavy atom. The standard InChI is InChI=1S/C65H126O17P2/c1-6-10-13-16-19-22-24-25-26-29-36-41-46-51-65(70)82-61(55-76-63(68)49-44-39-34-31-30-32-37-42-47-58(5)9-4)57-80-84(73,74)78-53-59(66)52-77-83(71,72)79-56-60(54-75-62(67)48-43-38-33-27-21-18-15-12-8-3)81-64(69)50-45-40-35-28-23-20-17-14-11-7-2/h58-61,66H,6-57H2,1-5H3,(H,71,72)(H,73,74)/t58?,59-,60+,61+/m0/s1. The number of hydrogen-bond acceptors (Lipinski definition) is 15. The molecule has 498 valence electrons. The van der Waals surface area contributed by atoms with Gasteiger partial charge in [-0.15, -0.1) is 0 Å². The zero-order chi connectivity index (χ0) is 62.0. The molecule has 3 unspecified atom stereocenters. The van der Waals surface area contributed by atoms with Crippen LogP contribution >= 0.6 is 15.6 Å². The van der Waals surface area contributed by atoms with E-state index in [4.69, 9.17) is 37.0 Å². The van der Waals surface area contributed by atoms with E-state index in [1.807, 2.05) is 0 Å². The van der Waals surface area contributed by atoms with E-state index in [2.05, 4.69) is 34.6 Å². The lowest BCUT2D eigenvalue weighted by Crippen LogP contribution is -2.30. The van der Waals surface area contributed by atoms with Crippen LogP contribution in [0.5, 0.6) is 0 Å². The summed E-state index contributed by atoms with van der Waals surface area (Å²) in [5.74, 6) is -1.35. The lowest BCUT2D eigenvalue weighted by Gasteiger charge is -2.21. The highest BCUT2D eigenvalue weighted by atomic mass is 31.2. The third kappa shape index (κ3) is 57.8. The number of phosphoric ester groups is 2. The first-order valence-electron chi connectivity index (χ1n) is 34.2. The van der Waals surface area contributed by atoms with Crippen molar-refractivity contribution in [2.45, 2.75) is 348 Å². The lowest BCUT2D eigenvalue weighted by molar-refractivity contribution is -0.161. The molecule has 0 spiro atoms. The van der Waals surface area contributed by atoms with Crippen LogP contribution in [0.2, 0.25) is 0 Å². The van der Waals surface area contributed by atoms with Crippen LogP contribution in [0.4, 0.5) is 0 Å². The van der Waals surface area contributed by atoms with Crippen molar-refractivity contribution >= 4 is 39.5 Å². The number of ether oxygens (including phenoxy) is 4. The van der Waals surface area contributed by atoms with Crippen LogP contribution in [0.25, 0.3) is 0 Å². The molecule has 0 aliphatic heterocycles. The average Bonchev–Trinajstić information content (AvgIpc) is 3.50. The largest absolute Gasteiger partial charge is 0.472 e. The molecule has 0 heterocycles. The SMILES string of the molecule is CCCCCCCCCCCCCCCC(=O)O[C@H](COC(=O)CCCCCCCCCCC(C)CC)COP(=O)(O)OC[C@@H](O)COP(=O)(O)OC[C@@H](COC(=O)CCCCCCCCCCC)OC(=O)CCCCCCCCCCCC. The maximum Gasteiger partial charge on any atom is 0.472 e. The number of rotatable bonds is 65. The number of carbonyl (C=O) groups excluding carboxylic acids is 4. The smallest absolute Gasteiger partial charge is 0.462 e. The van der Waals surface area contributed by atoms with Crippen molar-refractivity contribution in [1.29, 1.82) is 0 Å². The summed E-state index contributed by atoms with van der Waals surface area (Å²) in [4.78, 5) is 72.2.